The monoisotopic (exact) mass is 252 g/mol. The van der Waals surface area contributed by atoms with E-state index in [4.69, 9.17) is 0 Å². The van der Waals surface area contributed by atoms with Gasteiger partial charge in [0.15, 0.2) is 0 Å². The van der Waals surface area contributed by atoms with Crippen molar-refractivity contribution >= 4 is 0 Å². The first-order chi connectivity index (χ1) is 8.92. The fourth-order valence-corrected chi connectivity index (χ4v) is 3.88. The van der Waals surface area contributed by atoms with E-state index in [2.05, 4.69) is 17.1 Å². The first-order valence-corrected chi connectivity index (χ1v) is 8.36. The summed E-state index contributed by atoms with van der Waals surface area (Å²) in [7, 11) is 0. The number of hydrogen-bond donors (Lipinski definition) is 1. The van der Waals surface area contributed by atoms with Crippen molar-refractivity contribution in [1.82, 2.24) is 10.2 Å². The molecule has 2 aliphatic rings. The molecule has 2 fully saturated rings. The van der Waals surface area contributed by atoms with Gasteiger partial charge in [-0.05, 0) is 64.2 Å². The minimum Gasteiger partial charge on any atom is -0.317 e. The number of fused-ring (bicyclic) bond motifs is 1. The number of likely N-dealkylation sites (tertiary alicyclic amines) is 1. The molecule has 1 aliphatic carbocycles. The molecule has 18 heavy (non-hydrogen) atoms. The second kappa shape index (κ2) is 8.16. The van der Waals surface area contributed by atoms with Gasteiger partial charge in [0.1, 0.15) is 0 Å². The molecule has 1 aliphatic heterocycles. The third kappa shape index (κ3) is 4.24. The molecule has 0 spiro atoms. The van der Waals surface area contributed by atoms with Gasteiger partial charge in [-0.25, -0.2) is 0 Å². The highest BCUT2D eigenvalue weighted by atomic mass is 15.2. The third-order valence-electron chi connectivity index (χ3n) is 4.92. The van der Waals surface area contributed by atoms with Crippen molar-refractivity contribution in [2.24, 2.45) is 5.92 Å². The summed E-state index contributed by atoms with van der Waals surface area (Å²) < 4.78 is 0. The highest BCUT2D eigenvalue weighted by Gasteiger charge is 2.34. The molecule has 106 valence electrons. The Balaban J connectivity index is 1.51. The van der Waals surface area contributed by atoms with Crippen LogP contribution in [0.1, 0.15) is 64.7 Å². The quantitative estimate of drug-likeness (QED) is 0.666. The van der Waals surface area contributed by atoms with Crippen LogP contribution in [0, 0.1) is 5.92 Å². The molecule has 1 saturated heterocycles. The minimum absolute atomic E-state index is 0.973. The maximum Gasteiger partial charge on any atom is 0.0124 e. The van der Waals surface area contributed by atoms with Crippen LogP contribution < -0.4 is 5.32 Å². The van der Waals surface area contributed by atoms with Crippen LogP contribution in [0.25, 0.3) is 0 Å². The van der Waals surface area contributed by atoms with Crippen LogP contribution in [0.4, 0.5) is 0 Å². The molecular weight excluding hydrogens is 220 g/mol. The Morgan fingerprint density at radius 1 is 1.00 bits per heavy atom. The van der Waals surface area contributed by atoms with Crippen LogP contribution in [-0.2, 0) is 0 Å². The third-order valence-corrected chi connectivity index (χ3v) is 4.92. The van der Waals surface area contributed by atoms with Crippen LogP contribution in [-0.4, -0.2) is 37.1 Å². The average Bonchev–Trinajstić information content (AvgIpc) is 2.81. The molecule has 0 bridgehead atoms. The van der Waals surface area contributed by atoms with Crippen molar-refractivity contribution in [2.75, 3.05) is 26.2 Å². The Labute approximate surface area is 114 Å². The van der Waals surface area contributed by atoms with E-state index in [-0.39, 0.29) is 0 Å². The van der Waals surface area contributed by atoms with Gasteiger partial charge in [-0.1, -0.05) is 32.6 Å². The van der Waals surface area contributed by atoms with Crippen molar-refractivity contribution in [3.05, 3.63) is 0 Å². The predicted octanol–water partition coefficient (Wildman–Crippen LogP) is 3.42. The number of nitrogens with one attached hydrogen (secondary N) is 1. The predicted molar refractivity (Wildman–Crippen MR) is 78.9 cm³/mol. The van der Waals surface area contributed by atoms with Gasteiger partial charge in [0.2, 0.25) is 0 Å². The summed E-state index contributed by atoms with van der Waals surface area (Å²) in [6.07, 6.45) is 13.1. The summed E-state index contributed by atoms with van der Waals surface area (Å²) in [5, 5.41) is 3.41. The molecule has 0 aromatic carbocycles. The number of unbranched alkanes of at least 4 members (excludes halogenated alkanes) is 3. The molecule has 2 nitrogen and oxygen atoms in total. The Bertz CT molecular complexity index is 217. The zero-order chi connectivity index (χ0) is 12.6. The van der Waals surface area contributed by atoms with E-state index in [1.54, 1.807) is 0 Å². The van der Waals surface area contributed by atoms with Gasteiger partial charge in [0.05, 0.1) is 0 Å². The maximum absolute atomic E-state index is 3.41. The van der Waals surface area contributed by atoms with Crippen LogP contribution in [0.5, 0.6) is 0 Å². The van der Waals surface area contributed by atoms with Crippen molar-refractivity contribution < 1.29 is 0 Å². The molecule has 2 atom stereocenters. The van der Waals surface area contributed by atoms with E-state index in [0.29, 0.717) is 0 Å². The molecule has 0 amide bonds. The fraction of sp³-hybridized carbons (Fsp3) is 1.00. The molecule has 2 rings (SSSR count). The lowest BCUT2D eigenvalue weighted by Gasteiger charge is -2.31. The van der Waals surface area contributed by atoms with E-state index >= 15 is 0 Å². The van der Waals surface area contributed by atoms with Gasteiger partial charge in [-0.15, -0.1) is 0 Å². The number of hydrogen-bond acceptors (Lipinski definition) is 2. The molecule has 2 unspecified atom stereocenters. The second-order valence-corrected chi connectivity index (χ2v) is 6.20. The van der Waals surface area contributed by atoms with E-state index in [1.807, 2.05) is 0 Å². The average molecular weight is 252 g/mol. The summed E-state index contributed by atoms with van der Waals surface area (Å²) in [6.45, 7) is 7.30. The lowest BCUT2D eigenvalue weighted by Crippen LogP contribution is -2.35. The van der Waals surface area contributed by atoms with Crippen LogP contribution in [0.3, 0.4) is 0 Å². The fourth-order valence-electron chi connectivity index (χ4n) is 3.88. The molecule has 1 N–H and O–H groups in total. The van der Waals surface area contributed by atoms with Gasteiger partial charge in [0.25, 0.3) is 0 Å². The van der Waals surface area contributed by atoms with Crippen LogP contribution in [0.2, 0.25) is 0 Å². The second-order valence-electron chi connectivity index (χ2n) is 6.20. The molecule has 2 heteroatoms. The van der Waals surface area contributed by atoms with Gasteiger partial charge in [-0.3, -0.25) is 0 Å². The highest BCUT2D eigenvalue weighted by molar-refractivity contribution is 4.89. The van der Waals surface area contributed by atoms with E-state index in [1.165, 1.54) is 77.4 Å². The largest absolute Gasteiger partial charge is 0.317 e. The van der Waals surface area contributed by atoms with Crippen LogP contribution >= 0.6 is 0 Å². The summed E-state index contributed by atoms with van der Waals surface area (Å²) in [5.41, 5.74) is 0. The minimum atomic E-state index is 0.973. The van der Waals surface area contributed by atoms with E-state index in [9.17, 15) is 0 Å². The van der Waals surface area contributed by atoms with Crippen molar-refractivity contribution in [2.45, 2.75) is 70.8 Å². The summed E-state index contributed by atoms with van der Waals surface area (Å²) in [6, 6.07) is 0.973. The molecular formula is C16H32N2. The Kier molecular flexibility index (Phi) is 6.50. The lowest BCUT2D eigenvalue weighted by atomic mass is 9.85. The Hall–Kier alpha value is -0.0800. The SMILES string of the molecule is CCNCCCCCCN1CCC2CCCCC21. The number of rotatable bonds is 8. The van der Waals surface area contributed by atoms with Gasteiger partial charge >= 0.3 is 0 Å². The lowest BCUT2D eigenvalue weighted by molar-refractivity contribution is 0.179. The Morgan fingerprint density at radius 3 is 2.72 bits per heavy atom. The normalized spacial score (nSPS) is 28.5. The van der Waals surface area contributed by atoms with Crippen molar-refractivity contribution in [3.63, 3.8) is 0 Å². The first-order valence-electron chi connectivity index (χ1n) is 8.36. The molecule has 0 radical (unpaired) electrons. The Morgan fingerprint density at radius 2 is 1.83 bits per heavy atom. The number of nitrogens with zero attached hydrogens (tertiary/aromatic N) is 1. The molecule has 0 aromatic rings. The van der Waals surface area contributed by atoms with E-state index in [0.717, 1.165) is 18.5 Å². The van der Waals surface area contributed by atoms with E-state index < -0.39 is 0 Å². The molecule has 1 heterocycles. The zero-order valence-corrected chi connectivity index (χ0v) is 12.3. The van der Waals surface area contributed by atoms with Crippen LogP contribution in [0.15, 0.2) is 0 Å². The molecule has 1 saturated carbocycles. The zero-order valence-electron chi connectivity index (χ0n) is 12.3. The van der Waals surface area contributed by atoms with Crippen molar-refractivity contribution in [1.29, 1.82) is 0 Å². The summed E-state index contributed by atoms with van der Waals surface area (Å²) in [4.78, 5) is 2.81. The highest BCUT2D eigenvalue weighted by Crippen LogP contribution is 2.36. The first kappa shape index (κ1) is 14.3. The summed E-state index contributed by atoms with van der Waals surface area (Å²) >= 11 is 0. The smallest absolute Gasteiger partial charge is 0.0124 e. The summed E-state index contributed by atoms with van der Waals surface area (Å²) in [5.74, 6) is 1.06. The standard InChI is InChI=1S/C16H32N2/c1-2-17-12-7-3-4-8-13-18-14-11-15-9-5-6-10-16(15)18/h15-17H,2-14H2,1H3. The topological polar surface area (TPSA) is 15.3 Å². The van der Waals surface area contributed by atoms with Crippen molar-refractivity contribution in [3.8, 4) is 0 Å². The van der Waals surface area contributed by atoms with Gasteiger partial charge < -0.3 is 10.2 Å². The van der Waals surface area contributed by atoms with Gasteiger partial charge in [0, 0.05) is 6.04 Å². The molecule has 0 aromatic heterocycles. The van der Waals surface area contributed by atoms with Gasteiger partial charge in [-0.2, -0.15) is 0 Å². The maximum atomic E-state index is 3.41.